The second kappa shape index (κ2) is 5.56. The first kappa shape index (κ1) is 13.1. The largest absolute Gasteiger partial charge is 0.491 e. The first-order valence-electron chi connectivity index (χ1n) is 6.02. The van der Waals surface area contributed by atoms with Crippen LogP contribution in [0, 0.1) is 0 Å². The van der Waals surface area contributed by atoms with Crippen molar-refractivity contribution in [1.29, 1.82) is 0 Å². The third-order valence-electron chi connectivity index (χ3n) is 2.90. The van der Waals surface area contributed by atoms with Crippen LogP contribution in [0.15, 0.2) is 30.6 Å². The summed E-state index contributed by atoms with van der Waals surface area (Å²) >= 11 is 0. The summed E-state index contributed by atoms with van der Waals surface area (Å²) in [5, 5.41) is 3.00. The van der Waals surface area contributed by atoms with E-state index in [0.29, 0.717) is 11.6 Å². The van der Waals surface area contributed by atoms with Crippen molar-refractivity contribution in [1.82, 2.24) is 9.97 Å². The Kier molecular flexibility index (Phi) is 3.85. The van der Waals surface area contributed by atoms with E-state index in [2.05, 4.69) is 32.3 Å². The maximum atomic E-state index is 5.40. The smallest absolute Gasteiger partial charge is 0.187 e. The maximum Gasteiger partial charge on any atom is 0.187 e. The van der Waals surface area contributed by atoms with Gasteiger partial charge >= 0.3 is 0 Å². The van der Waals surface area contributed by atoms with Gasteiger partial charge in [0, 0.05) is 32.4 Å². The Morgan fingerprint density at radius 1 is 1.11 bits per heavy atom. The highest BCUT2D eigenvalue weighted by Gasteiger charge is 2.12. The number of aromatic nitrogens is 2. The summed E-state index contributed by atoms with van der Waals surface area (Å²) in [6.07, 6.45) is 1.53. The van der Waals surface area contributed by atoms with Crippen molar-refractivity contribution in [2.45, 2.75) is 0 Å². The molecule has 0 spiro atoms. The van der Waals surface area contributed by atoms with Crippen LogP contribution in [0.1, 0.15) is 0 Å². The predicted octanol–water partition coefficient (Wildman–Crippen LogP) is 2.26. The number of ether oxygens (including phenoxy) is 1. The van der Waals surface area contributed by atoms with Crippen LogP contribution in [0.5, 0.6) is 5.75 Å². The predicted molar refractivity (Wildman–Crippen MR) is 77.9 cm³/mol. The maximum absolute atomic E-state index is 5.40. The van der Waals surface area contributed by atoms with Gasteiger partial charge in [-0.15, -0.1) is 0 Å². The monoisotopic (exact) mass is 258 g/mol. The lowest BCUT2D eigenvalue weighted by atomic mass is 10.1. The summed E-state index contributed by atoms with van der Waals surface area (Å²) in [7, 11) is 7.46. The quantitative estimate of drug-likeness (QED) is 0.911. The van der Waals surface area contributed by atoms with Crippen LogP contribution in [-0.2, 0) is 0 Å². The molecule has 0 atom stereocenters. The molecule has 0 bridgehead atoms. The molecular weight excluding hydrogens is 240 g/mol. The highest BCUT2D eigenvalue weighted by Crippen LogP contribution is 2.33. The van der Waals surface area contributed by atoms with Crippen LogP contribution in [-0.4, -0.2) is 38.2 Å². The molecule has 1 N–H and O–H groups in total. The molecule has 19 heavy (non-hydrogen) atoms. The summed E-state index contributed by atoms with van der Waals surface area (Å²) in [5.74, 6) is 1.34. The normalized spacial score (nSPS) is 10.1. The van der Waals surface area contributed by atoms with E-state index in [0.717, 1.165) is 16.9 Å². The fourth-order valence-corrected chi connectivity index (χ4v) is 1.87. The molecule has 0 unspecified atom stereocenters. The minimum Gasteiger partial charge on any atom is -0.491 e. The van der Waals surface area contributed by atoms with Gasteiger partial charge in [-0.25, -0.2) is 9.97 Å². The van der Waals surface area contributed by atoms with E-state index in [1.54, 1.807) is 7.11 Å². The van der Waals surface area contributed by atoms with Crippen LogP contribution in [0.4, 0.5) is 11.5 Å². The Balaban J connectivity index is 2.46. The van der Waals surface area contributed by atoms with Gasteiger partial charge in [0.2, 0.25) is 0 Å². The summed E-state index contributed by atoms with van der Waals surface area (Å²) in [5.41, 5.74) is 2.93. The molecule has 2 aromatic rings. The zero-order valence-electron chi connectivity index (χ0n) is 11.6. The number of rotatable bonds is 4. The van der Waals surface area contributed by atoms with E-state index in [9.17, 15) is 0 Å². The number of benzene rings is 1. The molecule has 5 nitrogen and oxygen atoms in total. The summed E-state index contributed by atoms with van der Waals surface area (Å²) in [6, 6.07) is 8.16. The zero-order chi connectivity index (χ0) is 13.8. The van der Waals surface area contributed by atoms with Crippen molar-refractivity contribution in [2.75, 3.05) is 38.5 Å². The first-order valence-corrected chi connectivity index (χ1v) is 6.02. The molecule has 0 fully saturated rings. The Bertz CT molecular complexity index is 552. The molecule has 2 rings (SSSR count). The third kappa shape index (κ3) is 2.59. The van der Waals surface area contributed by atoms with Gasteiger partial charge in [0.25, 0.3) is 0 Å². The molecule has 0 aliphatic heterocycles. The van der Waals surface area contributed by atoms with Gasteiger partial charge < -0.3 is 15.0 Å². The van der Waals surface area contributed by atoms with Gasteiger partial charge in [0.05, 0.1) is 7.11 Å². The minimum atomic E-state index is 0.655. The minimum absolute atomic E-state index is 0.655. The Morgan fingerprint density at radius 3 is 2.32 bits per heavy atom. The molecule has 100 valence electrons. The molecule has 0 amide bonds. The summed E-state index contributed by atoms with van der Waals surface area (Å²) < 4.78 is 5.40. The van der Waals surface area contributed by atoms with Crippen LogP contribution >= 0.6 is 0 Å². The molecular formula is C14H18N4O. The fourth-order valence-electron chi connectivity index (χ4n) is 1.87. The van der Waals surface area contributed by atoms with Crippen LogP contribution in [0.25, 0.3) is 11.3 Å². The number of methoxy groups -OCH3 is 1. The fraction of sp³-hybridized carbons (Fsp3) is 0.286. The van der Waals surface area contributed by atoms with Crippen LogP contribution in [0.3, 0.4) is 0 Å². The van der Waals surface area contributed by atoms with E-state index < -0.39 is 0 Å². The molecule has 0 saturated carbocycles. The van der Waals surface area contributed by atoms with Crippen LogP contribution < -0.4 is 15.0 Å². The van der Waals surface area contributed by atoms with Gasteiger partial charge in [0.15, 0.2) is 11.6 Å². The number of nitrogens with one attached hydrogen (secondary N) is 1. The average Bonchev–Trinajstić information content (AvgIpc) is 2.46. The van der Waals surface area contributed by atoms with Gasteiger partial charge in [-0.3, -0.25) is 0 Å². The second-order valence-corrected chi connectivity index (χ2v) is 4.30. The highest BCUT2D eigenvalue weighted by molar-refractivity contribution is 5.73. The Morgan fingerprint density at radius 2 is 1.79 bits per heavy atom. The van der Waals surface area contributed by atoms with Gasteiger partial charge in [0.1, 0.15) is 12.0 Å². The van der Waals surface area contributed by atoms with E-state index in [1.807, 2.05) is 33.3 Å². The van der Waals surface area contributed by atoms with Crippen molar-refractivity contribution >= 4 is 11.5 Å². The van der Waals surface area contributed by atoms with Gasteiger partial charge in [-0.1, -0.05) is 12.1 Å². The Labute approximate surface area is 113 Å². The number of anilines is 2. The Hall–Kier alpha value is -2.30. The standard InChI is InChI=1S/C14H18N4O/c1-15-14-13(19-4)12(16-9-17-14)10-5-7-11(8-6-10)18(2)3/h5-9H,1-4H3,(H,15,16,17). The topological polar surface area (TPSA) is 50.3 Å². The first-order chi connectivity index (χ1) is 9.17. The molecule has 0 saturated heterocycles. The summed E-state index contributed by atoms with van der Waals surface area (Å²) in [4.78, 5) is 10.5. The molecule has 0 aliphatic rings. The van der Waals surface area contributed by atoms with E-state index in [-0.39, 0.29) is 0 Å². The average molecular weight is 258 g/mol. The third-order valence-corrected chi connectivity index (χ3v) is 2.90. The van der Waals surface area contributed by atoms with E-state index in [4.69, 9.17) is 4.74 Å². The summed E-state index contributed by atoms with van der Waals surface area (Å²) in [6.45, 7) is 0. The number of hydrogen-bond acceptors (Lipinski definition) is 5. The van der Waals surface area contributed by atoms with Crippen molar-refractivity contribution in [3.63, 3.8) is 0 Å². The molecule has 1 aromatic heterocycles. The van der Waals surface area contributed by atoms with Crippen molar-refractivity contribution < 1.29 is 4.74 Å². The lowest BCUT2D eigenvalue weighted by molar-refractivity contribution is 0.415. The van der Waals surface area contributed by atoms with Crippen LogP contribution in [0.2, 0.25) is 0 Å². The van der Waals surface area contributed by atoms with Crippen molar-refractivity contribution in [3.05, 3.63) is 30.6 Å². The molecule has 1 heterocycles. The molecule has 0 radical (unpaired) electrons. The molecule has 5 heteroatoms. The molecule has 0 aliphatic carbocycles. The van der Waals surface area contributed by atoms with Gasteiger partial charge in [-0.05, 0) is 12.1 Å². The van der Waals surface area contributed by atoms with E-state index >= 15 is 0 Å². The van der Waals surface area contributed by atoms with Gasteiger partial charge in [-0.2, -0.15) is 0 Å². The number of hydrogen-bond donors (Lipinski definition) is 1. The van der Waals surface area contributed by atoms with Crippen molar-refractivity contribution in [3.8, 4) is 17.0 Å². The lowest BCUT2D eigenvalue weighted by Crippen LogP contribution is -2.08. The van der Waals surface area contributed by atoms with Crippen molar-refractivity contribution in [2.24, 2.45) is 0 Å². The molecule has 1 aromatic carbocycles. The second-order valence-electron chi connectivity index (χ2n) is 4.30. The van der Waals surface area contributed by atoms with E-state index in [1.165, 1.54) is 6.33 Å². The number of nitrogens with zero attached hydrogens (tertiary/aromatic N) is 3. The SMILES string of the molecule is CNc1ncnc(-c2ccc(N(C)C)cc2)c1OC. The lowest BCUT2D eigenvalue weighted by Gasteiger charge is -2.14. The zero-order valence-corrected chi connectivity index (χ0v) is 11.6. The highest BCUT2D eigenvalue weighted by atomic mass is 16.5.